The first-order chi connectivity index (χ1) is 10.9. The zero-order valence-electron chi connectivity index (χ0n) is 11.4. The van der Waals surface area contributed by atoms with Crippen LogP contribution in [0.4, 0.5) is 13.2 Å². The number of hydrogen-bond acceptors (Lipinski definition) is 6. The summed E-state index contributed by atoms with van der Waals surface area (Å²) in [5, 5.41) is 7.43. The van der Waals surface area contributed by atoms with Crippen molar-refractivity contribution in [2.45, 2.75) is 19.1 Å². The normalized spacial score (nSPS) is 11.8. The van der Waals surface area contributed by atoms with Gasteiger partial charge in [-0.05, 0) is 6.07 Å². The molecule has 0 aliphatic rings. The molecule has 0 spiro atoms. The third kappa shape index (κ3) is 3.62. The third-order valence-electron chi connectivity index (χ3n) is 2.80. The van der Waals surface area contributed by atoms with Crippen molar-refractivity contribution in [3.63, 3.8) is 0 Å². The number of rotatable bonds is 4. The fraction of sp³-hybridized carbons (Fsp3) is 0.250. The van der Waals surface area contributed by atoms with E-state index in [-0.39, 0.29) is 23.7 Å². The van der Waals surface area contributed by atoms with E-state index in [1.165, 1.54) is 24.8 Å². The van der Waals surface area contributed by atoms with E-state index in [0.717, 1.165) is 4.68 Å². The van der Waals surface area contributed by atoms with Crippen molar-refractivity contribution in [2.24, 2.45) is 0 Å². The van der Waals surface area contributed by atoms with Crippen molar-refractivity contribution in [3.8, 4) is 11.4 Å². The summed E-state index contributed by atoms with van der Waals surface area (Å²) < 4.78 is 42.5. The molecule has 0 saturated heterocycles. The standard InChI is InChI=1S/C12H9F3N6O2/c13-12(14,15)5-21-2-1-7(19-21)3-9-18-10(20-23-9)8-4-16-6-17-11(8)22/h1-2,4,6H,3,5H2,(H,16,17,22). The fourth-order valence-electron chi connectivity index (χ4n) is 1.86. The average molecular weight is 326 g/mol. The molecule has 0 aromatic carbocycles. The molecule has 0 aliphatic heterocycles. The van der Waals surface area contributed by atoms with Gasteiger partial charge < -0.3 is 9.51 Å². The number of aromatic amines is 1. The molecular formula is C12H9F3N6O2. The molecule has 8 nitrogen and oxygen atoms in total. The van der Waals surface area contributed by atoms with E-state index >= 15 is 0 Å². The first-order valence-electron chi connectivity index (χ1n) is 6.35. The van der Waals surface area contributed by atoms with E-state index in [2.05, 4.69) is 25.2 Å². The van der Waals surface area contributed by atoms with Crippen LogP contribution in [0.1, 0.15) is 11.6 Å². The highest BCUT2D eigenvalue weighted by atomic mass is 19.4. The van der Waals surface area contributed by atoms with Gasteiger partial charge in [0.1, 0.15) is 12.1 Å². The van der Waals surface area contributed by atoms with E-state index in [9.17, 15) is 18.0 Å². The quantitative estimate of drug-likeness (QED) is 0.772. The molecule has 0 bridgehead atoms. The summed E-state index contributed by atoms with van der Waals surface area (Å²) in [7, 11) is 0. The Kier molecular flexibility index (Phi) is 3.68. The molecule has 23 heavy (non-hydrogen) atoms. The van der Waals surface area contributed by atoms with E-state index < -0.39 is 18.3 Å². The van der Waals surface area contributed by atoms with Crippen LogP contribution in [0.15, 0.2) is 34.1 Å². The summed E-state index contributed by atoms with van der Waals surface area (Å²) in [5.74, 6) is 0.171. The molecule has 3 heterocycles. The van der Waals surface area contributed by atoms with Gasteiger partial charge in [-0.3, -0.25) is 9.48 Å². The number of H-pyrrole nitrogens is 1. The molecule has 3 rings (SSSR count). The zero-order chi connectivity index (χ0) is 16.4. The lowest BCUT2D eigenvalue weighted by Crippen LogP contribution is -2.18. The topological polar surface area (TPSA) is 102 Å². The van der Waals surface area contributed by atoms with Crippen molar-refractivity contribution in [3.05, 3.63) is 46.7 Å². The summed E-state index contributed by atoms with van der Waals surface area (Å²) in [4.78, 5) is 21.7. The number of hydrogen-bond donors (Lipinski definition) is 1. The number of alkyl halides is 3. The number of nitrogens with one attached hydrogen (secondary N) is 1. The maximum absolute atomic E-state index is 12.3. The van der Waals surface area contributed by atoms with Crippen LogP contribution in [0.3, 0.4) is 0 Å². The molecule has 11 heteroatoms. The van der Waals surface area contributed by atoms with E-state index in [4.69, 9.17) is 4.52 Å². The Balaban J connectivity index is 1.75. The highest BCUT2D eigenvalue weighted by Gasteiger charge is 2.28. The molecule has 0 atom stereocenters. The number of halogens is 3. The summed E-state index contributed by atoms with van der Waals surface area (Å²) in [6.45, 7) is -1.17. The highest BCUT2D eigenvalue weighted by molar-refractivity contribution is 5.50. The van der Waals surface area contributed by atoms with Gasteiger partial charge in [0.05, 0.1) is 18.4 Å². The Morgan fingerprint density at radius 2 is 2.17 bits per heavy atom. The lowest BCUT2D eigenvalue weighted by Gasteiger charge is -2.05. The van der Waals surface area contributed by atoms with Crippen LogP contribution >= 0.6 is 0 Å². The Morgan fingerprint density at radius 3 is 2.91 bits per heavy atom. The maximum Gasteiger partial charge on any atom is 0.408 e. The molecule has 3 aromatic rings. The minimum absolute atomic E-state index is 0.0454. The van der Waals surface area contributed by atoms with Gasteiger partial charge in [-0.2, -0.15) is 23.3 Å². The molecule has 0 amide bonds. The molecular weight excluding hydrogens is 317 g/mol. The van der Waals surface area contributed by atoms with Gasteiger partial charge in [0.25, 0.3) is 5.56 Å². The molecule has 0 saturated carbocycles. The second kappa shape index (κ2) is 5.66. The van der Waals surface area contributed by atoms with Gasteiger partial charge in [-0.25, -0.2) is 4.98 Å². The van der Waals surface area contributed by atoms with Crippen LogP contribution in [-0.4, -0.2) is 36.1 Å². The largest absolute Gasteiger partial charge is 0.408 e. The van der Waals surface area contributed by atoms with Gasteiger partial charge in [-0.1, -0.05) is 5.16 Å². The molecule has 0 unspecified atom stereocenters. The predicted molar refractivity (Wildman–Crippen MR) is 69.2 cm³/mol. The molecule has 0 radical (unpaired) electrons. The van der Waals surface area contributed by atoms with Gasteiger partial charge in [0, 0.05) is 12.4 Å². The van der Waals surface area contributed by atoms with Gasteiger partial charge in [-0.15, -0.1) is 0 Å². The van der Waals surface area contributed by atoms with E-state index in [0.29, 0.717) is 5.69 Å². The molecule has 1 N–H and O–H groups in total. The van der Waals surface area contributed by atoms with Crippen molar-refractivity contribution < 1.29 is 17.7 Å². The number of nitrogens with zero attached hydrogens (tertiary/aromatic N) is 5. The Labute approximate surface area is 126 Å². The molecule has 3 aromatic heterocycles. The molecule has 0 aliphatic carbocycles. The van der Waals surface area contributed by atoms with Crippen LogP contribution in [0.25, 0.3) is 11.4 Å². The molecule has 0 fully saturated rings. The van der Waals surface area contributed by atoms with Crippen LogP contribution < -0.4 is 5.56 Å². The smallest absolute Gasteiger partial charge is 0.339 e. The minimum Gasteiger partial charge on any atom is -0.339 e. The Hall–Kier alpha value is -2.98. The lowest BCUT2D eigenvalue weighted by atomic mass is 10.3. The summed E-state index contributed by atoms with van der Waals surface area (Å²) >= 11 is 0. The summed E-state index contributed by atoms with van der Waals surface area (Å²) in [6.07, 6.45) is -0.574. The van der Waals surface area contributed by atoms with Gasteiger partial charge in [0.2, 0.25) is 11.7 Å². The van der Waals surface area contributed by atoms with Crippen molar-refractivity contribution in [1.82, 2.24) is 29.9 Å². The Bertz CT molecular complexity index is 866. The lowest BCUT2D eigenvalue weighted by molar-refractivity contribution is -0.142. The highest BCUT2D eigenvalue weighted by Crippen LogP contribution is 2.17. The summed E-state index contributed by atoms with van der Waals surface area (Å²) in [6, 6.07) is 1.42. The van der Waals surface area contributed by atoms with Crippen molar-refractivity contribution >= 4 is 0 Å². The predicted octanol–water partition coefficient (Wildman–Crippen LogP) is 1.17. The summed E-state index contributed by atoms with van der Waals surface area (Å²) in [5.41, 5.74) is 0.0384. The first kappa shape index (κ1) is 14.9. The monoisotopic (exact) mass is 326 g/mol. The third-order valence-corrected chi connectivity index (χ3v) is 2.80. The molecule has 120 valence electrons. The Morgan fingerprint density at radius 1 is 1.35 bits per heavy atom. The average Bonchev–Trinajstić information content (AvgIpc) is 3.08. The van der Waals surface area contributed by atoms with E-state index in [1.807, 2.05) is 0 Å². The minimum atomic E-state index is -4.34. The van der Waals surface area contributed by atoms with Crippen LogP contribution in [0.2, 0.25) is 0 Å². The second-order valence-electron chi connectivity index (χ2n) is 4.60. The van der Waals surface area contributed by atoms with Crippen molar-refractivity contribution in [2.75, 3.05) is 0 Å². The fourth-order valence-corrected chi connectivity index (χ4v) is 1.86. The van der Waals surface area contributed by atoms with Crippen LogP contribution in [0.5, 0.6) is 0 Å². The first-order valence-corrected chi connectivity index (χ1v) is 6.35. The zero-order valence-corrected chi connectivity index (χ0v) is 11.4. The van der Waals surface area contributed by atoms with Crippen LogP contribution in [-0.2, 0) is 13.0 Å². The second-order valence-corrected chi connectivity index (χ2v) is 4.60. The van der Waals surface area contributed by atoms with Gasteiger partial charge >= 0.3 is 6.18 Å². The SMILES string of the molecule is O=c1[nH]cncc1-c1noc(Cc2ccn(CC(F)(F)F)n2)n1. The van der Waals surface area contributed by atoms with E-state index in [1.54, 1.807) is 0 Å². The maximum atomic E-state index is 12.3. The number of aromatic nitrogens is 6. The van der Waals surface area contributed by atoms with Crippen molar-refractivity contribution in [1.29, 1.82) is 0 Å². The van der Waals surface area contributed by atoms with Gasteiger partial charge in [0.15, 0.2) is 0 Å². The van der Waals surface area contributed by atoms with Crippen LogP contribution in [0, 0.1) is 0 Å².